The van der Waals surface area contributed by atoms with Crippen molar-refractivity contribution < 1.29 is 13.2 Å². The van der Waals surface area contributed by atoms with Crippen molar-refractivity contribution in [2.75, 3.05) is 12.4 Å². The van der Waals surface area contributed by atoms with Gasteiger partial charge in [0.25, 0.3) is 0 Å². The lowest BCUT2D eigenvalue weighted by Gasteiger charge is -2.16. The molecule has 0 heterocycles. The lowest BCUT2D eigenvalue weighted by Crippen LogP contribution is -2.25. The van der Waals surface area contributed by atoms with Gasteiger partial charge in [0.1, 0.15) is 5.75 Å². The summed E-state index contributed by atoms with van der Waals surface area (Å²) in [5.74, 6) is 0.652. The van der Waals surface area contributed by atoms with Crippen molar-refractivity contribution in [1.82, 2.24) is 0 Å². The van der Waals surface area contributed by atoms with Gasteiger partial charge in [-0.2, -0.15) is 0 Å². The topological polar surface area (TPSA) is 69.4 Å². The number of primary sulfonamides is 1. The van der Waals surface area contributed by atoms with Crippen LogP contribution in [-0.4, -0.2) is 20.8 Å². The van der Waals surface area contributed by atoms with E-state index in [1.54, 1.807) is 0 Å². The standard InChI is InChI=1S/C13H21NO3S/c1-9-5-11(3)13(12(4)6-9)17-7-10(2)8-18(14,15)16/h5-6,10H,7-8H2,1-4H3,(H2,14,15,16). The Bertz CT molecular complexity index is 500. The van der Waals surface area contributed by atoms with Gasteiger partial charge < -0.3 is 4.74 Å². The van der Waals surface area contributed by atoms with Crippen molar-refractivity contribution >= 4 is 10.0 Å². The number of ether oxygens (including phenoxy) is 1. The normalized spacial score (nSPS) is 13.4. The number of rotatable bonds is 5. The summed E-state index contributed by atoms with van der Waals surface area (Å²) in [5.41, 5.74) is 3.32. The fourth-order valence-electron chi connectivity index (χ4n) is 2.06. The second-order valence-corrected chi connectivity index (χ2v) is 6.63. The highest BCUT2D eigenvalue weighted by Crippen LogP contribution is 2.25. The van der Waals surface area contributed by atoms with E-state index >= 15 is 0 Å². The van der Waals surface area contributed by atoms with Gasteiger partial charge in [0.05, 0.1) is 12.4 Å². The van der Waals surface area contributed by atoms with E-state index in [-0.39, 0.29) is 11.7 Å². The first-order valence-corrected chi connectivity index (χ1v) is 7.61. The van der Waals surface area contributed by atoms with Gasteiger partial charge in [0, 0.05) is 5.92 Å². The molecular weight excluding hydrogens is 250 g/mol. The largest absolute Gasteiger partial charge is 0.493 e. The number of nitrogens with two attached hydrogens (primary N) is 1. The molecule has 1 atom stereocenters. The summed E-state index contributed by atoms with van der Waals surface area (Å²) >= 11 is 0. The van der Waals surface area contributed by atoms with Crippen LogP contribution in [0.25, 0.3) is 0 Å². The molecule has 0 aliphatic rings. The highest BCUT2D eigenvalue weighted by molar-refractivity contribution is 7.89. The van der Waals surface area contributed by atoms with Crippen molar-refractivity contribution in [2.24, 2.45) is 11.1 Å². The van der Waals surface area contributed by atoms with Crippen LogP contribution in [0.5, 0.6) is 5.75 Å². The minimum atomic E-state index is -3.43. The summed E-state index contributed by atoms with van der Waals surface area (Å²) < 4.78 is 27.6. The van der Waals surface area contributed by atoms with E-state index in [1.165, 1.54) is 5.56 Å². The highest BCUT2D eigenvalue weighted by atomic mass is 32.2. The average Bonchev–Trinajstić information content (AvgIpc) is 2.12. The second kappa shape index (κ2) is 5.71. The smallest absolute Gasteiger partial charge is 0.209 e. The van der Waals surface area contributed by atoms with Crippen LogP contribution in [0.4, 0.5) is 0 Å². The van der Waals surface area contributed by atoms with Gasteiger partial charge >= 0.3 is 0 Å². The van der Waals surface area contributed by atoms with Crippen LogP contribution in [0.15, 0.2) is 12.1 Å². The summed E-state index contributed by atoms with van der Waals surface area (Å²) in [7, 11) is -3.43. The lowest BCUT2D eigenvalue weighted by molar-refractivity contribution is 0.268. The first-order valence-electron chi connectivity index (χ1n) is 5.90. The molecule has 0 aromatic heterocycles. The molecule has 5 heteroatoms. The Hall–Kier alpha value is -1.07. The van der Waals surface area contributed by atoms with Crippen LogP contribution in [0.1, 0.15) is 23.6 Å². The van der Waals surface area contributed by atoms with E-state index < -0.39 is 10.0 Å². The molecule has 0 radical (unpaired) electrons. The molecular formula is C13H21NO3S. The Balaban J connectivity index is 2.70. The molecule has 102 valence electrons. The molecule has 0 fully saturated rings. The van der Waals surface area contributed by atoms with Crippen LogP contribution >= 0.6 is 0 Å². The third-order valence-electron chi connectivity index (χ3n) is 2.63. The highest BCUT2D eigenvalue weighted by Gasteiger charge is 2.13. The van der Waals surface area contributed by atoms with Crippen LogP contribution in [-0.2, 0) is 10.0 Å². The third-order valence-corrected chi connectivity index (χ3v) is 3.67. The van der Waals surface area contributed by atoms with Gasteiger partial charge in [0.2, 0.25) is 10.0 Å². The number of hydrogen-bond donors (Lipinski definition) is 1. The zero-order valence-electron chi connectivity index (χ0n) is 11.4. The Morgan fingerprint density at radius 2 is 1.72 bits per heavy atom. The molecule has 1 aromatic carbocycles. The van der Waals surface area contributed by atoms with Crippen molar-refractivity contribution in [2.45, 2.75) is 27.7 Å². The van der Waals surface area contributed by atoms with Crippen molar-refractivity contribution in [3.8, 4) is 5.75 Å². The molecule has 1 rings (SSSR count). The summed E-state index contributed by atoms with van der Waals surface area (Å²) in [4.78, 5) is 0. The summed E-state index contributed by atoms with van der Waals surface area (Å²) in [6, 6.07) is 4.10. The van der Waals surface area contributed by atoms with Gasteiger partial charge in [-0.05, 0) is 31.9 Å². The molecule has 0 bridgehead atoms. The molecule has 1 aromatic rings. The van der Waals surface area contributed by atoms with Crippen LogP contribution in [0.3, 0.4) is 0 Å². The number of aryl methyl sites for hydroxylation is 3. The molecule has 0 spiro atoms. The maximum Gasteiger partial charge on any atom is 0.209 e. The van der Waals surface area contributed by atoms with Gasteiger partial charge in [-0.3, -0.25) is 0 Å². The van der Waals surface area contributed by atoms with E-state index in [1.807, 2.05) is 39.8 Å². The monoisotopic (exact) mass is 271 g/mol. The molecule has 0 saturated carbocycles. The van der Waals surface area contributed by atoms with Crippen molar-refractivity contribution in [1.29, 1.82) is 0 Å². The molecule has 2 N–H and O–H groups in total. The predicted octanol–water partition coefficient (Wildman–Crippen LogP) is 1.92. The summed E-state index contributed by atoms with van der Waals surface area (Å²) in [6.45, 7) is 8.16. The van der Waals surface area contributed by atoms with Gasteiger partial charge in [0.15, 0.2) is 0 Å². The Morgan fingerprint density at radius 3 is 2.17 bits per heavy atom. The Labute approximate surface area is 109 Å². The minimum Gasteiger partial charge on any atom is -0.493 e. The molecule has 0 amide bonds. The Kier molecular flexibility index (Phi) is 4.76. The Morgan fingerprint density at radius 1 is 1.22 bits per heavy atom. The number of hydrogen-bond acceptors (Lipinski definition) is 3. The second-order valence-electron chi connectivity index (χ2n) is 4.97. The van der Waals surface area contributed by atoms with Crippen LogP contribution in [0, 0.1) is 26.7 Å². The molecule has 0 aliphatic carbocycles. The third kappa shape index (κ3) is 4.66. The lowest BCUT2D eigenvalue weighted by atomic mass is 10.1. The van der Waals surface area contributed by atoms with Crippen LogP contribution in [0.2, 0.25) is 0 Å². The van der Waals surface area contributed by atoms with Crippen molar-refractivity contribution in [3.63, 3.8) is 0 Å². The number of benzene rings is 1. The molecule has 0 aliphatic heterocycles. The summed E-state index contributed by atoms with van der Waals surface area (Å²) in [5, 5.41) is 5.00. The zero-order chi connectivity index (χ0) is 13.9. The fourth-order valence-corrected chi connectivity index (χ4v) is 2.95. The van der Waals surface area contributed by atoms with Crippen molar-refractivity contribution in [3.05, 3.63) is 28.8 Å². The molecule has 4 nitrogen and oxygen atoms in total. The fraction of sp³-hybridized carbons (Fsp3) is 0.538. The number of sulfonamides is 1. The van der Waals surface area contributed by atoms with E-state index in [0.29, 0.717) is 6.61 Å². The maximum atomic E-state index is 11.0. The first kappa shape index (κ1) is 15.0. The molecule has 1 unspecified atom stereocenters. The van der Waals surface area contributed by atoms with E-state index in [4.69, 9.17) is 9.88 Å². The zero-order valence-corrected chi connectivity index (χ0v) is 12.2. The van der Waals surface area contributed by atoms with E-state index in [0.717, 1.165) is 16.9 Å². The predicted molar refractivity (Wildman–Crippen MR) is 73.3 cm³/mol. The van der Waals surface area contributed by atoms with E-state index in [9.17, 15) is 8.42 Å². The first-order chi connectivity index (χ1) is 8.19. The maximum absolute atomic E-state index is 11.0. The van der Waals surface area contributed by atoms with E-state index in [2.05, 4.69) is 0 Å². The minimum absolute atomic E-state index is 0.0586. The summed E-state index contributed by atoms with van der Waals surface area (Å²) in [6.07, 6.45) is 0. The molecule has 0 saturated heterocycles. The van der Waals surface area contributed by atoms with Gasteiger partial charge in [-0.1, -0.05) is 24.6 Å². The molecule has 18 heavy (non-hydrogen) atoms. The SMILES string of the molecule is Cc1cc(C)c(OCC(C)CS(N)(=O)=O)c(C)c1. The van der Waals surface area contributed by atoms with Gasteiger partial charge in [-0.15, -0.1) is 0 Å². The average molecular weight is 271 g/mol. The quantitative estimate of drug-likeness (QED) is 0.889. The van der Waals surface area contributed by atoms with Crippen LogP contribution < -0.4 is 9.88 Å². The van der Waals surface area contributed by atoms with Gasteiger partial charge in [-0.25, -0.2) is 13.6 Å².